The molecule has 0 aliphatic heterocycles. The molecule has 0 aliphatic carbocycles. The van der Waals surface area contributed by atoms with Gasteiger partial charge in [0.2, 0.25) is 11.8 Å². The van der Waals surface area contributed by atoms with Gasteiger partial charge in [-0.05, 0) is 36.4 Å². The maximum absolute atomic E-state index is 12.8. The lowest BCUT2D eigenvalue weighted by Crippen LogP contribution is -1.99. The molecule has 0 spiro atoms. The first-order valence-electron chi connectivity index (χ1n) is 6.18. The summed E-state index contributed by atoms with van der Waals surface area (Å²) in [5, 5.41) is 11.1. The molecule has 0 amide bonds. The van der Waals surface area contributed by atoms with Gasteiger partial charge in [0.05, 0.1) is 6.54 Å². The molecule has 100 valence electrons. The number of hydrogen-bond acceptors (Lipinski definition) is 4. The second-order valence-corrected chi connectivity index (χ2v) is 4.23. The van der Waals surface area contributed by atoms with Crippen molar-refractivity contribution in [1.82, 2.24) is 10.2 Å². The zero-order chi connectivity index (χ0) is 13.8. The fourth-order valence-corrected chi connectivity index (χ4v) is 1.77. The average molecular weight is 269 g/mol. The van der Waals surface area contributed by atoms with Gasteiger partial charge in [0.15, 0.2) is 0 Å². The number of aromatic nitrogens is 2. The van der Waals surface area contributed by atoms with Gasteiger partial charge in [-0.15, -0.1) is 10.2 Å². The summed E-state index contributed by atoms with van der Waals surface area (Å²) >= 11 is 0. The molecule has 1 aromatic heterocycles. The summed E-state index contributed by atoms with van der Waals surface area (Å²) < 4.78 is 18.4. The summed E-state index contributed by atoms with van der Waals surface area (Å²) in [5.41, 5.74) is 1.68. The number of anilines is 1. The topological polar surface area (TPSA) is 51.0 Å². The van der Waals surface area contributed by atoms with Crippen LogP contribution in [0, 0.1) is 5.82 Å². The van der Waals surface area contributed by atoms with Crippen LogP contribution in [0.25, 0.3) is 11.5 Å². The van der Waals surface area contributed by atoms with Crippen LogP contribution in [0.15, 0.2) is 59.0 Å². The third kappa shape index (κ3) is 2.83. The van der Waals surface area contributed by atoms with Crippen molar-refractivity contribution in [2.24, 2.45) is 0 Å². The highest BCUT2D eigenvalue weighted by Crippen LogP contribution is 2.18. The van der Waals surface area contributed by atoms with Crippen molar-refractivity contribution in [2.75, 3.05) is 5.32 Å². The lowest BCUT2D eigenvalue weighted by molar-refractivity contribution is 0.515. The molecule has 0 fully saturated rings. The van der Waals surface area contributed by atoms with Gasteiger partial charge in [0.1, 0.15) is 5.82 Å². The Morgan fingerprint density at radius 3 is 2.45 bits per heavy atom. The van der Waals surface area contributed by atoms with E-state index in [-0.39, 0.29) is 5.82 Å². The van der Waals surface area contributed by atoms with Gasteiger partial charge in [-0.1, -0.05) is 18.2 Å². The van der Waals surface area contributed by atoms with Gasteiger partial charge < -0.3 is 9.73 Å². The van der Waals surface area contributed by atoms with Crippen LogP contribution in [0.4, 0.5) is 10.1 Å². The molecule has 1 heterocycles. The van der Waals surface area contributed by atoms with Crippen LogP contribution in [-0.4, -0.2) is 10.2 Å². The molecule has 1 N–H and O–H groups in total. The van der Waals surface area contributed by atoms with E-state index in [0.717, 1.165) is 5.69 Å². The van der Waals surface area contributed by atoms with E-state index >= 15 is 0 Å². The minimum atomic E-state index is -0.292. The van der Waals surface area contributed by atoms with E-state index in [1.54, 1.807) is 12.1 Å². The van der Waals surface area contributed by atoms with Gasteiger partial charge in [0.25, 0.3) is 0 Å². The quantitative estimate of drug-likeness (QED) is 0.787. The molecule has 5 heteroatoms. The number of nitrogens with one attached hydrogen (secondary N) is 1. The smallest absolute Gasteiger partial charge is 0.247 e. The molecule has 3 rings (SSSR count). The largest absolute Gasteiger partial charge is 0.419 e. The zero-order valence-corrected chi connectivity index (χ0v) is 10.6. The Morgan fingerprint density at radius 1 is 0.950 bits per heavy atom. The Hall–Kier alpha value is -2.69. The van der Waals surface area contributed by atoms with Crippen molar-refractivity contribution in [3.8, 4) is 11.5 Å². The average Bonchev–Trinajstić information content (AvgIpc) is 2.96. The Bertz CT molecular complexity index is 680. The summed E-state index contributed by atoms with van der Waals surface area (Å²) in [6, 6.07) is 15.7. The van der Waals surface area contributed by atoms with Gasteiger partial charge in [-0.25, -0.2) is 4.39 Å². The first-order valence-corrected chi connectivity index (χ1v) is 6.18. The van der Waals surface area contributed by atoms with Gasteiger partial charge >= 0.3 is 0 Å². The van der Waals surface area contributed by atoms with Crippen molar-refractivity contribution in [2.45, 2.75) is 6.54 Å². The van der Waals surface area contributed by atoms with Crippen molar-refractivity contribution in [3.05, 3.63) is 66.3 Å². The number of nitrogens with zero attached hydrogens (tertiary/aromatic N) is 2. The third-order valence-corrected chi connectivity index (χ3v) is 2.78. The fourth-order valence-electron chi connectivity index (χ4n) is 1.77. The zero-order valence-electron chi connectivity index (χ0n) is 10.6. The standard InChI is InChI=1S/C15H12FN3O/c16-12-8-6-11(7-9-12)15-19-18-14(20-15)10-17-13-4-2-1-3-5-13/h1-9,17H,10H2. The Balaban J connectivity index is 1.69. The molecule has 3 aromatic rings. The maximum atomic E-state index is 12.8. The van der Waals surface area contributed by atoms with Crippen molar-refractivity contribution >= 4 is 5.69 Å². The maximum Gasteiger partial charge on any atom is 0.247 e. The highest BCUT2D eigenvalue weighted by molar-refractivity contribution is 5.52. The molecule has 0 unspecified atom stereocenters. The highest BCUT2D eigenvalue weighted by atomic mass is 19.1. The van der Waals surface area contributed by atoms with Gasteiger partial charge in [0, 0.05) is 11.3 Å². The molecule has 4 nitrogen and oxygen atoms in total. The molecule has 0 saturated heterocycles. The molecular formula is C15H12FN3O. The Kier molecular flexibility index (Phi) is 3.41. The SMILES string of the molecule is Fc1ccc(-c2nnc(CNc3ccccc3)o2)cc1. The first-order chi connectivity index (χ1) is 9.81. The van der Waals surface area contributed by atoms with Crippen molar-refractivity contribution in [1.29, 1.82) is 0 Å². The summed E-state index contributed by atoms with van der Waals surface area (Å²) in [5.74, 6) is 0.572. The van der Waals surface area contributed by atoms with Crippen molar-refractivity contribution in [3.63, 3.8) is 0 Å². The molecular weight excluding hydrogens is 257 g/mol. The van der Waals surface area contributed by atoms with E-state index in [0.29, 0.717) is 23.9 Å². The minimum Gasteiger partial charge on any atom is -0.419 e. The molecule has 0 bridgehead atoms. The van der Waals surface area contributed by atoms with Crippen LogP contribution in [-0.2, 0) is 6.54 Å². The number of halogens is 1. The van der Waals surface area contributed by atoms with Crippen LogP contribution in [0.2, 0.25) is 0 Å². The number of benzene rings is 2. The minimum absolute atomic E-state index is 0.292. The van der Waals surface area contributed by atoms with Crippen LogP contribution in [0.5, 0.6) is 0 Å². The third-order valence-electron chi connectivity index (χ3n) is 2.78. The van der Waals surface area contributed by atoms with E-state index in [2.05, 4.69) is 15.5 Å². The van der Waals surface area contributed by atoms with E-state index < -0.39 is 0 Å². The van der Waals surface area contributed by atoms with E-state index in [4.69, 9.17) is 4.42 Å². The lowest BCUT2D eigenvalue weighted by Gasteiger charge is -2.01. The van der Waals surface area contributed by atoms with Crippen LogP contribution < -0.4 is 5.32 Å². The molecule has 0 radical (unpaired) electrons. The normalized spacial score (nSPS) is 10.4. The van der Waals surface area contributed by atoms with E-state index in [9.17, 15) is 4.39 Å². The monoisotopic (exact) mass is 269 g/mol. The summed E-state index contributed by atoms with van der Waals surface area (Å²) in [6.45, 7) is 0.443. The van der Waals surface area contributed by atoms with E-state index in [1.807, 2.05) is 30.3 Å². The lowest BCUT2D eigenvalue weighted by atomic mass is 10.2. The Morgan fingerprint density at radius 2 is 1.70 bits per heavy atom. The second kappa shape index (κ2) is 5.52. The number of para-hydroxylation sites is 1. The van der Waals surface area contributed by atoms with E-state index in [1.165, 1.54) is 12.1 Å². The molecule has 2 aromatic carbocycles. The van der Waals surface area contributed by atoms with Crippen molar-refractivity contribution < 1.29 is 8.81 Å². The fraction of sp³-hybridized carbons (Fsp3) is 0.0667. The predicted molar refractivity (Wildman–Crippen MR) is 73.5 cm³/mol. The van der Waals surface area contributed by atoms with Gasteiger partial charge in [-0.3, -0.25) is 0 Å². The number of rotatable bonds is 4. The molecule has 0 saturated carbocycles. The summed E-state index contributed by atoms with van der Waals surface area (Å²) in [7, 11) is 0. The molecule has 20 heavy (non-hydrogen) atoms. The van der Waals surface area contributed by atoms with Gasteiger partial charge in [-0.2, -0.15) is 0 Å². The van der Waals surface area contributed by atoms with Crippen LogP contribution >= 0.6 is 0 Å². The summed E-state index contributed by atoms with van der Waals surface area (Å²) in [6.07, 6.45) is 0. The molecule has 0 aliphatic rings. The van der Waals surface area contributed by atoms with Crippen LogP contribution in [0.3, 0.4) is 0 Å². The highest BCUT2D eigenvalue weighted by Gasteiger charge is 2.08. The Labute approximate surface area is 115 Å². The summed E-state index contributed by atoms with van der Waals surface area (Å²) in [4.78, 5) is 0. The molecule has 0 atom stereocenters. The second-order valence-electron chi connectivity index (χ2n) is 4.23. The van der Waals surface area contributed by atoms with Crippen LogP contribution in [0.1, 0.15) is 5.89 Å². The predicted octanol–water partition coefficient (Wildman–Crippen LogP) is 3.49. The first kappa shape index (κ1) is 12.3. The number of hydrogen-bond donors (Lipinski definition) is 1.